The van der Waals surface area contributed by atoms with Crippen molar-refractivity contribution in [1.29, 1.82) is 0 Å². The van der Waals surface area contributed by atoms with Gasteiger partial charge in [-0.25, -0.2) is 9.79 Å². The number of esters is 1. The molecule has 8 heteroatoms. The lowest BCUT2D eigenvalue weighted by Crippen LogP contribution is -2.39. The molecule has 1 aliphatic rings. The molecule has 2 aromatic carbocycles. The van der Waals surface area contributed by atoms with Gasteiger partial charge in [0.25, 0.3) is 5.56 Å². The number of carbonyl (C=O) groups is 1. The highest BCUT2D eigenvalue weighted by Gasteiger charge is 2.35. The topological polar surface area (TPSA) is 69.9 Å². The van der Waals surface area contributed by atoms with Gasteiger partial charge in [0.1, 0.15) is 11.8 Å². The minimum atomic E-state index is -0.632. The van der Waals surface area contributed by atoms with Crippen LogP contribution < -0.4 is 19.6 Å². The number of thiophene rings is 1. The first-order valence-electron chi connectivity index (χ1n) is 11.1. The second-order valence-corrected chi connectivity index (χ2v) is 9.71. The van der Waals surface area contributed by atoms with Crippen LogP contribution in [-0.4, -0.2) is 24.3 Å². The number of carbonyl (C=O) groups excluding carboxylic acids is 1. The van der Waals surface area contributed by atoms with Crippen LogP contribution in [0.2, 0.25) is 0 Å². The zero-order chi connectivity index (χ0) is 24.4. The molecule has 0 aliphatic carbocycles. The van der Waals surface area contributed by atoms with E-state index >= 15 is 0 Å². The average molecular weight is 503 g/mol. The predicted octanol–water partition coefficient (Wildman–Crippen LogP) is 4.01. The number of fused-ring (bicyclic) bond motifs is 1. The van der Waals surface area contributed by atoms with Crippen LogP contribution in [0.1, 0.15) is 29.0 Å². The first-order chi connectivity index (χ1) is 17.1. The van der Waals surface area contributed by atoms with Crippen LogP contribution in [0.25, 0.3) is 11.8 Å². The maximum atomic E-state index is 13.7. The summed E-state index contributed by atoms with van der Waals surface area (Å²) >= 11 is 2.79. The normalized spacial score (nSPS) is 15.5. The van der Waals surface area contributed by atoms with Crippen LogP contribution in [0.4, 0.5) is 0 Å². The Morgan fingerprint density at radius 2 is 1.94 bits per heavy atom. The summed E-state index contributed by atoms with van der Waals surface area (Å²) in [6, 6.07) is 20.3. The number of aromatic nitrogens is 1. The number of ether oxygens (including phenoxy) is 2. The Bertz CT molecular complexity index is 1580. The highest BCUT2D eigenvalue weighted by Crippen LogP contribution is 2.36. The summed E-state index contributed by atoms with van der Waals surface area (Å²) in [5, 5.41) is 1.94. The maximum absolute atomic E-state index is 13.7. The van der Waals surface area contributed by atoms with E-state index in [9.17, 15) is 9.59 Å². The van der Waals surface area contributed by atoms with E-state index in [-0.39, 0.29) is 12.2 Å². The van der Waals surface area contributed by atoms with Crippen molar-refractivity contribution in [3.8, 4) is 5.75 Å². The molecule has 2 aromatic heterocycles. The van der Waals surface area contributed by atoms with Gasteiger partial charge in [-0.15, -0.1) is 11.3 Å². The molecule has 3 heterocycles. The Kier molecular flexibility index (Phi) is 6.48. The number of thiazole rings is 1. The lowest BCUT2D eigenvalue weighted by atomic mass is 9.97. The number of hydrogen-bond acceptors (Lipinski definition) is 7. The first kappa shape index (κ1) is 23.0. The average Bonchev–Trinajstić information content (AvgIpc) is 3.52. The zero-order valence-corrected chi connectivity index (χ0v) is 20.8. The number of hydrogen-bond donors (Lipinski definition) is 0. The highest BCUT2D eigenvalue weighted by atomic mass is 32.1. The standard InChI is InChI=1S/C27H22N2O4S2/c1-3-33-26(31)22-23(18-10-5-4-6-11-18)28-27-29(24(22)20-13-8-14-34-20)25(30)21(35-27)16-17-9-7-12-19(15-17)32-2/h4-16,24H,3H2,1-2H3/b21-16+. The number of nitrogens with zero attached hydrogens (tertiary/aromatic N) is 2. The number of methoxy groups -OCH3 is 1. The van der Waals surface area contributed by atoms with Crippen LogP contribution in [-0.2, 0) is 9.53 Å². The number of benzene rings is 2. The summed E-state index contributed by atoms with van der Waals surface area (Å²) < 4.78 is 12.9. The molecule has 176 valence electrons. The quantitative estimate of drug-likeness (QED) is 0.374. The maximum Gasteiger partial charge on any atom is 0.338 e. The molecule has 5 rings (SSSR count). The van der Waals surface area contributed by atoms with Gasteiger partial charge in [0, 0.05) is 10.4 Å². The molecule has 1 unspecified atom stereocenters. The van der Waals surface area contributed by atoms with Gasteiger partial charge < -0.3 is 9.47 Å². The Morgan fingerprint density at radius 3 is 2.66 bits per heavy atom. The van der Waals surface area contributed by atoms with Gasteiger partial charge in [0.2, 0.25) is 0 Å². The molecule has 4 aromatic rings. The lowest BCUT2D eigenvalue weighted by Gasteiger charge is -2.24. The molecule has 0 fully saturated rings. The lowest BCUT2D eigenvalue weighted by molar-refractivity contribution is -0.138. The van der Waals surface area contributed by atoms with Gasteiger partial charge in [-0.2, -0.15) is 0 Å². The second kappa shape index (κ2) is 9.85. The Balaban J connectivity index is 1.80. The minimum absolute atomic E-state index is 0.205. The van der Waals surface area contributed by atoms with Crippen molar-refractivity contribution < 1.29 is 14.3 Å². The van der Waals surface area contributed by atoms with Gasteiger partial charge in [0.05, 0.1) is 29.5 Å². The van der Waals surface area contributed by atoms with E-state index in [1.165, 1.54) is 22.7 Å². The fourth-order valence-electron chi connectivity index (χ4n) is 4.04. The molecule has 0 amide bonds. The third-order valence-electron chi connectivity index (χ3n) is 5.58. The highest BCUT2D eigenvalue weighted by molar-refractivity contribution is 7.10. The molecule has 0 radical (unpaired) electrons. The number of rotatable bonds is 6. The van der Waals surface area contributed by atoms with Crippen molar-refractivity contribution in [1.82, 2.24) is 4.57 Å². The van der Waals surface area contributed by atoms with Crippen molar-refractivity contribution in [2.75, 3.05) is 13.7 Å². The van der Waals surface area contributed by atoms with Crippen molar-refractivity contribution in [2.45, 2.75) is 13.0 Å². The van der Waals surface area contributed by atoms with Crippen LogP contribution in [0, 0.1) is 0 Å². The van der Waals surface area contributed by atoms with Crippen LogP contribution >= 0.6 is 22.7 Å². The SMILES string of the molecule is CCOC(=O)C1=C(c2ccccc2)N=c2s/c(=C/c3cccc(OC)c3)c(=O)n2C1c1cccs1. The van der Waals surface area contributed by atoms with Gasteiger partial charge >= 0.3 is 5.97 Å². The van der Waals surface area contributed by atoms with E-state index in [2.05, 4.69) is 0 Å². The molecule has 0 saturated heterocycles. The Hall–Kier alpha value is -3.75. The van der Waals surface area contributed by atoms with Gasteiger partial charge in [0.15, 0.2) is 4.80 Å². The largest absolute Gasteiger partial charge is 0.497 e. The van der Waals surface area contributed by atoms with E-state index in [0.29, 0.717) is 26.4 Å². The summed E-state index contributed by atoms with van der Waals surface area (Å²) in [6.07, 6.45) is 1.83. The second-order valence-electron chi connectivity index (χ2n) is 7.72. The van der Waals surface area contributed by atoms with Crippen molar-refractivity contribution in [3.05, 3.63) is 113 Å². The van der Waals surface area contributed by atoms with E-state index in [4.69, 9.17) is 14.5 Å². The molecule has 1 atom stereocenters. The minimum Gasteiger partial charge on any atom is -0.497 e. The Labute approximate surface area is 209 Å². The van der Waals surface area contributed by atoms with E-state index in [1.54, 1.807) is 18.6 Å². The van der Waals surface area contributed by atoms with Gasteiger partial charge in [-0.3, -0.25) is 9.36 Å². The van der Waals surface area contributed by atoms with Crippen molar-refractivity contribution in [3.63, 3.8) is 0 Å². The molecule has 0 N–H and O–H groups in total. The third kappa shape index (κ3) is 4.38. The predicted molar refractivity (Wildman–Crippen MR) is 138 cm³/mol. The monoisotopic (exact) mass is 502 g/mol. The van der Waals surface area contributed by atoms with Crippen LogP contribution in [0.15, 0.2) is 87.5 Å². The van der Waals surface area contributed by atoms with Crippen LogP contribution in [0.5, 0.6) is 5.75 Å². The van der Waals surface area contributed by atoms with Crippen molar-refractivity contribution >= 4 is 40.4 Å². The molecule has 6 nitrogen and oxygen atoms in total. The van der Waals surface area contributed by atoms with Gasteiger partial charge in [-0.05, 0) is 42.1 Å². The van der Waals surface area contributed by atoms with Gasteiger partial charge in [-0.1, -0.05) is 59.9 Å². The molecule has 35 heavy (non-hydrogen) atoms. The zero-order valence-electron chi connectivity index (χ0n) is 19.1. The molecule has 0 saturated carbocycles. The third-order valence-corrected chi connectivity index (χ3v) is 7.49. The van der Waals surface area contributed by atoms with E-state index in [0.717, 1.165) is 16.0 Å². The molecule has 0 bridgehead atoms. The summed E-state index contributed by atoms with van der Waals surface area (Å²) in [7, 11) is 1.61. The summed E-state index contributed by atoms with van der Waals surface area (Å²) in [5.74, 6) is 0.231. The summed E-state index contributed by atoms with van der Waals surface area (Å²) in [6.45, 7) is 1.99. The molecule has 0 spiro atoms. The van der Waals surface area contributed by atoms with Crippen molar-refractivity contribution in [2.24, 2.45) is 4.99 Å². The molecular formula is C27H22N2O4S2. The van der Waals surface area contributed by atoms with Crippen LogP contribution in [0.3, 0.4) is 0 Å². The molecule has 1 aliphatic heterocycles. The summed E-state index contributed by atoms with van der Waals surface area (Å²) in [4.78, 5) is 33.3. The summed E-state index contributed by atoms with van der Waals surface area (Å²) in [5.41, 5.74) is 2.32. The smallest absolute Gasteiger partial charge is 0.338 e. The fourth-order valence-corrected chi connectivity index (χ4v) is 5.86. The van der Waals surface area contributed by atoms with E-state index < -0.39 is 12.0 Å². The Morgan fingerprint density at radius 1 is 1.11 bits per heavy atom. The van der Waals surface area contributed by atoms with E-state index in [1.807, 2.05) is 78.2 Å². The first-order valence-corrected chi connectivity index (χ1v) is 12.8. The molecular weight excluding hydrogens is 480 g/mol. The fraction of sp³-hybridized carbons (Fsp3) is 0.148.